The summed E-state index contributed by atoms with van der Waals surface area (Å²) in [4.78, 5) is 12.6. The Morgan fingerprint density at radius 2 is 2.00 bits per heavy atom. The second-order valence-corrected chi connectivity index (χ2v) is 8.30. The van der Waals surface area contributed by atoms with Gasteiger partial charge in [-0.05, 0) is 30.9 Å². The molecule has 1 aliphatic rings. The molecule has 0 aromatic heterocycles. The van der Waals surface area contributed by atoms with Crippen LogP contribution in [0.15, 0.2) is 24.3 Å². The molecule has 1 fully saturated rings. The molecule has 2 rings (SSSR count). The van der Waals surface area contributed by atoms with Gasteiger partial charge in [0.2, 0.25) is 10.0 Å². The largest absolute Gasteiger partial charge is 0.299 e. The van der Waals surface area contributed by atoms with Crippen molar-refractivity contribution in [1.29, 1.82) is 0 Å². The summed E-state index contributed by atoms with van der Waals surface area (Å²) in [6.45, 7) is 3.08. The normalized spacial score (nSPS) is 19.9. The van der Waals surface area contributed by atoms with Gasteiger partial charge in [-0.1, -0.05) is 12.1 Å². The molecule has 0 radical (unpaired) electrons. The van der Waals surface area contributed by atoms with Crippen molar-refractivity contribution >= 4 is 15.7 Å². The first kappa shape index (κ1) is 17.8. The van der Waals surface area contributed by atoms with Crippen LogP contribution in [0.1, 0.15) is 18.4 Å². The summed E-state index contributed by atoms with van der Waals surface area (Å²) in [5, 5.41) is 10.7. The van der Waals surface area contributed by atoms with Gasteiger partial charge in [0, 0.05) is 38.8 Å². The van der Waals surface area contributed by atoms with E-state index in [1.54, 1.807) is 19.2 Å². The van der Waals surface area contributed by atoms with E-state index in [1.165, 1.54) is 22.7 Å². The molecule has 128 valence electrons. The maximum Gasteiger partial charge on any atom is 0.269 e. The van der Waals surface area contributed by atoms with Crippen LogP contribution < -0.4 is 0 Å². The summed E-state index contributed by atoms with van der Waals surface area (Å²) in [5.41, 5.74) is 1.13. The zero-order valence-corrected chi connectivity index (χ0v) is 14.3. The number of hydrogen-bond donors (Lipinski definition) is 0. The van der Waals surface area contributed by atoms with Crippen molar-refractivity contribution in [1.82, 2.24) is 9.21 Å². The van der Waals surface area contributed by atoms with Gasteiger partial charge < -0.3 is 0 Å². The predicted molar refractivity (Wildman–Crippen MR) is 88.6 cm³/mol. The highest BCUT2D eigenvalue weighted by atomic mass is 32.2. The fourth-order valence-corrected chi connectivity index (χ4v) is 3.41. The lowest BCUT2D eigenvalue weighted by Gasteiger charge is -2.34. The second-order valence-electron chi connectivity index (χ2n) is 6.21. The smallest absolute Gasteiger partial charge is 0.269 e. The molecule has 1 atom stereocenters. The lowest BCUT2D eigenvalue weighted by molar-refractivity contribution is -0.384. The van der Waals surface area contributed by atoms with Crippen molar-refractivity contribution in [3.05, 3.63) is 39.9 Å². The molecule has 1 aromatic rings. The summed E-state index contributed by atoms with van der Waals surface area (Å²) in [5.74, 6) is 0.321. The van der Waals surface area contributed by atoms with Crippen molar-refractivity contribution in [2.45, 2.75) is 19.4 Å². The number of nitro benzene ring substituents is 1. The summed E-state index contributed by atoms with van der Waals surface area (Å²) in [6.07, 6.45) is 3.29. The minimum absolute atomic E-state index is 0.0973. The summed E-state index contributed by atoms with van der Waals surface area (Å²) in [7, 11) is -1.52. The van der Waals surface area contributed by atoms with Crippen LogP contribution in [0.25, 0.3) is 0 Å². The van der Waals surface area contributed by atoms with Crippen molar-refractivity contribution in [3.8, 4) is 0 Å². The van der Waals surface area contributed by atoms with Crippen LogP contribution >= 0.6 is 0 Å². The molecule has 0 bridgehead atoms. The molecule has 1 aromatic carbocycles. The highest BCUT2D eigenvalue weighted by molar-refractivity contribution is 7.88. The van der Waals surface area contributed by atoms with E-state index in [0.29, 0.717) is 12.5 Å². The van der Waals surface area contributed by atoms with Crippen molar-refractivity contribution in [2.75, 3.05) is 32.9 Å². The first-order valence-corrected chi connectivity index (χ1v) is 9.47. The molecule has 0 amide bonds. The Kier molecular flexibility index (Phi) is 5.72. The first-order valence-electron chi connectivity index (χ1n) is 7.62. The van der Waals surface area contributed by atoms with Crippen molar-refractivity contribution < 1.29 is 13.3 Å². The van der Waals surface area contributed by atoms with Crippen LogP contribution in [-0.2, 0) is 16.6 Å². The van der Waals surface area contributed by atoms with E-state index in [4.69, 9.17) is 0 Å². The molecule has 0 aliphatic carbocycles. The standard InChI is InChI=1S/C15H23N3O4S/c1-16(23(2,21)22)10-14-4-3-9-17(12-14)11-13-5-7-15(8-6-13)18(19)20/h5-8,14H,3-4,9-12H2,1-2H3/t14-/m0/s1. The number of benzene rings is 1. The van der Waals surface area contributed by atoms with E-state index in [-0.39, 0.29) is 5.69 Å². The van der Waals surface area contributed by atoms with Gasteiger partial charge in [-0.2, -0.15) is 0 Å². The summed E-state index contributed by atoms with van der Waals surface area (Å²) < 4.78 is 24.5. The Labute approximate surface area is 137 Å². The third kappa shape index (κ3) is 5.26. The maximum absolute atomic E-state index is 11.5. The molecule has 23 heavy (non-hydrogen) atoms. The molecular formula is C15H23N3O4S. The Morgan fingerprint density at radius 3 is 2.57 bits per heavy atom. The fraction of sp³-hybridized carbons (Fsp3) is 0.600. The average molecular weight is 341 g/mol. The molecule has 7 nitrogen and oxygen atoms in total. The lowest BCUT2D eigenvalue weighted by Crippen LogP contribution is -2.41. The minimum Gasteiger partial charge on any atom is -0.299 e. The predicted octanol–water partition coefficient (Wildman–Crippen LogP) is 1.70. The van der Waals surface area contributed by atoms with E-state index < -0.39 is 14.9 Å². The zero-order chi connectivity index (χ0) is 17.0. The number of hydrogen-bond acceptors (Lipinski definition) is 5. The highest BCUT2D eigenvalue weighted by Crippen LogP contribution is 2.21. The van der Waals surface area contributed by atoms with E-state index in [9.17, 15) is 18.5 Å². The third-order valence-corrected chi connectivity index (χ3v) is 5.52. The Hall–Kier alpha value is -1.51. The number of likely N-dealkylation sites (tertiary alicyclic amines) is 1. The number of piperidine rings is 1. The SMILES string of the molecule is CN(C[C@@H]1CCCN(Cc2ccc([N+](=O)[O-])cc2)C1)S(C)(=O)=O. The van der Waals surface area contributed by atoms with Gasteiger partial charge in [-0.3, -0.25) is 15.0 Å². The van der Waals surface area contributed by atoms with Gasteiger partial charge in [-0.15, -0.1) is 0 Å². The van der Waals surface area contributed by atoms with Crippen LogP contribution in [0.3, 0.4) is 0 Å². The summed E-state index contributed by atoms with van der Waals surface area (Å²) >= 11 is 0. The molecule has 1 saturated heterocycles. The molecule has 8 heteroatoms. The number of sulfonamides is 1. The topological polar surface area (TPSA) is 83.8 Å². The Morgan fingerprint density at radius 1 is 1.35 bits per heavy atom. The Bertz CT molecular complexity index is 645. The third-order valence-electron chi connectivity index (χ3n) is 4.24. The fourth-order valence-electron chi connectivity index (χ4n) is 2.92. The monoisotopic (exact) mass is 341 g/mol. The molecule has 0 unspecified atom stereocenters. The van der Waals surface area contributed by atoms with Crippen LogP contribution in [0, 0.1) is 16.0 Å². The maximum atomic E-state index is 11.5. The van der Waals surface area contributed by atoms with E-state index >= 15 is 0 Å². The molecule has 0 saturated carbocycles. The molecular weight excluding hydrogens is 318 g/mol. The number of nitro groups is 1. The molecule has 1 aliphatic heterocycles. The zero-order valence-electron chi connectivity index (χ0n) is 13.5. The summed E-state index contributed by atoms with van der Waals surface area (Å²) in [6, 6.07) is 6.61. The van der Waals surface area contributed by atoms with Crippen LogP contribution in [0.5, 0.6) is 0 Å². The lowest BCUT2D eigenvalue weighted by atomic mass is 9.97. The highest BCUT2D eigenvalue weighted by Gasteiger charge is 2.23. The number of non-ortho nitro benzene ring substituents is 1. The average Bonchev–Trinajstić information content (AvgIpc) is 2.47. The van der Waals surface area contributed by atoms with Gasteiger partial charge in [0.1, 0.15) is 0 Å². The number of rotatable bonds is 6. The van der Waals surface area contributed by atoms with Crippen LogP contribution in [0.2, 0.25) is 0 Å². The van der Waals surface area contributed by atoms with Gasteiger partial charge in [-0.25, -0.2) is 12.7 Å². The van der Waals surface area contributed by atoms with Crippen molar-refractivity contribution in [3.63, 3.8) is 0 Å². The molecule has 1 heterocycles. The van der Waals surface area contributed by atoms with E-state index in [1.807, 2.05) is 0 Å². The minimum atomic E-state index is -3.14. The molecule has 0 N–H and O–H groups in total. The van der Waals surface area contributed by atoms with Crippen LogP contribution in [0.4, 0.5) is 5.69 Å². The van der Waals surface area contributed by atoms with Gasteiger partial charge >= 0.3 is 0 Å². The van der Waals surface area contributed by atoms with Gasteiger partial charge in [0.15, 0.2) is 0 Å². The van der Waals surface area contributed by atoms with E-state index in [0.717, 1.165) is 38.0 Å². The number of nitrogens with zero attached hydrogens (tertiary/aromatic N) is 3. The van der Waals surface area contributed by atoms with Crippen LogP contribution in [-0.4, -0.2) is 55.5 Å². The second kappa shape index (κ2) is 7.37. The van der Waals surface area contributed by atoms with Gasteiger partial charge in [0.05, 0.1) is 11.2 Å². The van der Waals surface area contributed by atoms with E-state index in [2.05, 4.69) is 4.90 Å². The Balaban J connectivity index is 1.92. The molecule has 0 spiro atoms. The van der Waals surface area contributed by atoms with Crippen molar-refractivity contribution in [2.24, 2.45) is 5.92 Å². The quantitative estimate of drug-likeness (QED) is 0.581. The first-order chi connectivity index (χ1) is 10.8. The van der Waals surface area contributed by atoms with Gasteiger partial charge in [0.25, 0.3) is 5.69 Å².